The SMILES string of the molecule is COc1cccc(NC(=O)COC(=O)c2sccc2-c2ccccc2)c1. The van der Waals surface area contributed by atoms with Crippen molar-refractivity contribution in [3.8, 4) is 16.9 Å². The molecule has 1 N–H and O–H groups in total. The third-order valence-corrected chi connectivity index (χ3v) is 4.52. The van der Waals surface area contributed by atoms with Crippen LogP contribution in [0.25, 0.3) is 11.1 Å². The van der Waals surface area contributed by atoms with Crippen molar-refractivity contribution >= 4 is 28.9 Å². The molecule has 5 nitrogen and oxygen atoms in total. The predicted molar refractivity (Wildman–Crippen MR) is 102 cm³/mol. The molecule has 1 amide bonds. The van der Waals surface area contributed by atoms with E-state index in [1.54, 1.807) is 31.4 Å². The molecule has 0 spiro atoms. The van der Waals surface area contributed by atoms with Gasteiger partial charge in [-0.2, -0.15) is 0 Å². The second kappa shape index (κ2) is 8.31. The molecule has 1 aromatic heterocycles. The molecule has 0 aliphatic heterocycles. The molecular weight excluding hydrogens is 350 g/mol. The topological polar surface area (TPSA) is 64.6 Å². The molecule has 3 rings (SSSR count). The van der Waals surface area contributed by atoms with Crippen molar-refractivity contribution in [3.05, 3.63) is 70.9 Å². The van der Waals surface area contributed by atoms with E-state index < -0.39 is 11.9 Å². The molecule has 0 atom stereocenters. The molecule has 0 unspecified atom stereocenters. The fraction of sp³-hybridized carbons (Fsp3) is 0.100. The highest BCUT2D eigenvalue weighted by molar-refractivity contribution is 7.12. The Balaban J connectivity index is 1.61. The van der Waals surface area contributed by atoms with Crippen molar-refractivity contribution in [1.29, 1.82) is 0 Å². The summed E-state index contributed by atoms with van der Waals surface area (Å²) < 4.78 is 10.3. The highest BCUT2D eigenvalue weighted by Crippen LogP contribution is 2.28. The van der Waals surface area contributed by atoms with Crippen LogP contribution in [0.2, 0.25) is 0 Å². The van der Waals surface area contributed by atoms with E-state index in [2.05, 4.69) is 5.32 Å². The van der Waals surface area contributed by atoms with E-state index in [4.69, 9.17) is 9.47 Å². The van der Waals surface area contributed by atoms with Crippen LogP contribution < -0.4 is 10.1 Å². The van der Waals surface area contributed by atoms with Crippen LogP contribution in [0.1, 0.15) is 9.67 Å². The second-order valence-electron chi connectivity index (χ2n) is 5.39. The number of carbonyl (C=O) groups excluding carboxylic acids is 2. The van der Waals surface area contributed by atoms with Crippen molar-refractivity contribution in [2.75, 3.05) is 19.0 Å². The Morgan fingerprint density at radius 3 is 2.62 bits per heavy atom. The standard InChI is InChI=1S/C20H17NO4S/c1-24-16-9-5-8-15(12-16)21-18(22)13-25-20(23)19-17(10-11-26-19)14-6-3-2-4-7-14/h2-12H,13H2,1H3,(H,21,22). The Kier molecular flexibility index (Phi) is 5.66. The number of benzene rings is 2. The molecule has 1 heterocycles. The largest absolute Gasteiger partial charge is 0.497 e. The Hall–Kier alpha value is -3.12. The highest BCUT2D eigenvalue weighted by atomic mass is 32.1. The molecule has 3 aromatic rings. The minimum atomic E-state index is -0.514. The van der Waals surface area contributed by atoms with E-state index in [9.17, 15) is 9.59 Å². The first-order chi connectivity index (χ1) is 12.7. The first kappa shape index (κ1) is 17.7. The molecule has 2 aromatic carbocycles. The molecule has 132 valence electrons. The van der Waals surface area contributed by atoms with Gasteiger partial charge in [0, 0.05) is 17.3 Å². The number of nitrogens with one attached hydrogen (secondary N) is 1. The molecule has 0 aliphatic rings. The zero-order valence-electron chi connectivity index (χ0n) is 14.1. The molecule has 6 heteroatoms. The number of ether oxygens (including phenoxy) is 2. The van der Waals surface area contributed by atoms with Gasteiger partial charge >= 0.3 is 5.97 Å². The fourth-order valence-corrected chi connectivity index (χ4v) is 3.22. The third-order valence-electron chi connectivity index (χ3n) is 3.62. The summed E-state index contributed by atoms with van der Waals surface area (Å²) in [4.78, 5) is 24.8. The van der Waals surface area contributed by atoms with Crippen LogP contribution in [0.4, 0.5) is 5.69 Å². The van der Waals surface area contributed by atoms with Crippen molar-refractivity contribution in [3.63, 3.8) is 0 Å². The first-order valence-corrected chi connectivity index (χ1v) is 8.79. The van der Waals surface area contributed by atoms with E-state index in [-0.39, 0.29) is 6.61 Å². The number of amides is 1. The van der Waals surface area contributed by atoms with E-state index in [0.717, 1.165) is 11.1 Å². The van der Waals surface area contributed by atoms with Gasteiger partial charge in [0.1, 0.15) is 10.6 Å². The lowest BCUT2D eigenvalue weighted by Gasteiger charge is -2.08. The van der Waals surface area contributed by atoms with Crippen molar-refractivity contribution in [2.24, 2.45) is 0 Å². The normalized spacial score (nSPS) is 10.2. The third kappa shape index (κ3) is 4.29. The number of anilines is 1. The summed E-state index contributed by atoms with van der Waals surface area (Å²) in [6.45, 7) is -0.359. The van der Waals surface area contributed by atoms with Crippen molar-refractivity contribution < 1.29 is 19.1 Å². The molecule has 0 fully saturated rings. The summed E-state index contributed by atoms with van der Waals surface area (Å²) >= 11 is 1.29. The average molecular weight is 367 g/mol. The maximum absolute atomic E-state index is 12.3. The van der Waals surface area contributed by atoms with Gasteiger partial charge in [0.25, 0.3) is 5.91 Å². The lowest BCUT2D eigenvalue weighted by molar-refractivity contribution is -0.119. The number of esters is 1. The van der Waals surface area contributed by atoms with Gasteiger partial charge in [0.15, 0.2) is 6.61 Å². The molecule has 0 radical (unpaired) electrons. The molecule has 0 saturated carbocycles. The number of hydrogen-bond acceptors (Lipinski definition) is 5. The maximum atomic E-state index is 12.3. The number of thiophene rings is 1. The fourth-order valence-electron chi connectivity index (χ4n) is 2.41. The zero-order valence-corrected chi connectivity index (χ0v) is 14.9. The van der Waals surface area contributed by atoms with Crippen LogP contribution in [-0.2, 0) is 9.53 Å². The van der Waals surface area contributed by atoms with Crippen molar-refractivity contribution in [1.82, 2.24) is 0 Å². The second-order valence-corrected chi connectivity index (χ2v) is 6.30. The van der Waals surface area contributed by atoms with E-state index in [1.807, 2.05) is 41.8 Å². The summed E-state index contributed by atoms with van der Waals surface area (Å²) in [5.74, 6) is -0.296. The number of hydrogen-bond donors (Lipinski definition) is 1. The minimum Gasteiger partial charge on any atom is -0.497 e. The number of carbonyl (C=O) groups is 2. The smallest absolute Gasteiger partial charge is 0.349 e. The molecule has 26 heavy (non-hydrogen) atoms. The van der Waals surface area contributed by atoms with Crippen molar-refractivity contribution in [2.45, 2.75) is 0 Å². The Labute approximate surface area is 155 Å². The Morgan fingerprint density at radius 1 is 1.04 bits per heavy atom. The highest BCUT2D eigenvalue weighted by Gasteiger charge is 2.17. The van der Waals surface area contributed by atoms with E-state index in [1.165, 1.54) is 11.3 Å². The lowest BCUT2D eigenvalue weighted by Crippen LogP contribution is -2.20. The van der Waals surface area contributed by atoms with Crippen LogP contribution in [0.5, 0.6) is 5.75 Å². The Morgan fingerprint density at radius 2 is 1.85 bits per heavy atom. The van der Waals surface area contributed by atoms with Gasteiger partial charge in [0.05, 0.1) is 7.11 Å². The van der Waals surface area contributed by atoms with Crippen LogP contribution >= 0.6 is 11.3 Å². The van der Waals surface area contributed by atoms with Crippen LogP contribution in [0, 0.1) is 0 Å². The average Bonchev–Trinajstić information content (AvgIpc) is 3.17. The van der Waals surface area contributed by atoms with E-state index in [0.29, 0.717) is 16.3 Å². The summed E-state index contributed by atoms with van der Waals surface area (Å²) in [6.07, 6.45) is 0. The van der Waals surface area contributed by atoms with Gasteiger partial charge in [-0.3, -0.25) is 4.79 Å². The van der Waals surface area contributed by atoms with Gasteiger partial charge in [-0.25, -0.2) is 4.79 Å². The Bertz CT molecular complexity index is 905. The summed E-state index contributed by atoms with van der Waals surface area (Å²) in [6, 6.07) is 18.4. The monoisotopic (exact) mass is 367 g/mol. The van der Waals surface area contributed by atoms with Gasteiger partial charge in [-0.1, -0.05) is 36.4 Å². The molecule has 0 saturated heterocycles. The summed E-state index contributed by atoms with van der Waals surface area (Å²) in [7, 11) is 1.55. The lowest BCUT2D eigenvalue weighted by atomic mass is 10.1. The number of rotatable bonds is 6. The van der Waals surface area contributed by atoms with E-state index >= 15 is 0 Å². The summed E-state index contributed by atoms with van der Waals surface area (Å²) in [5, 5.41) is 4.50. The summed E-state index contributed by atoms with van der Waals surface area (Å²) in [5.41, 5.74) is 2.31. The molecule has 0 aliphatic carbocycles. The quantitative estimate of drug-likeness (QED) is 0.663. The first-order valence-electron chi connectivity index (χ1n) is 7.91. The van der Waals surface area contributed by atoms with Gasteiger partial charge in [-0.15, -0.1) is 11.3 Å². The maximum Gasteiger partial charge on any atom is 0.349 e. The van der Waals surface area contributed by atoms with Crippen LogP contribution in [0.3, 0.4) is 0 Å². The number of methoxy groups -OCH3 is 1. The zero-order chi connectivity index (χ0) is 18.4. The van der Waals surface area contributed by atoms with Crippen LogP contribution in [-0.4, -0.2) is 25.6 Å². The molecular formula is C20H17NO4S. The minimum absolute atomic E-state index is 0.359. The van der Waals surface area contributed by atoms with Gasteiger partial charge in [-0.05, 0) is 29.1 Å². The van der Waals surface area contributed by atoms with Crippen LogP contribution in [0.15, 0.2) is 66.0 Å². The van der Waals surface area contributed by atoms with Gasteiger partial charge < -0.3 is 14.8 Å². The predicted octanol–water partition coefficient (Wildman–Crippen LogP) is 4.22. The molecule has 0 bridgehead atoms. The van der Waals surface area contributed by atoms with Gasteiger partial charge in [0.2, 0.25) is 0 Å².